The fraction of sp³-hybridized carbons (Fsp3) is 0.176. The molecular formula is C17H15F2N3O2. The normalized spacial score (nSPS) is 10.8. The van der Waals surface area contributed by atoms with Gasteiger partial charge in [0.2, 0.25) is 11.9 Å². The zero-order valence-electron chi connectivity index (χ0n) is 12.9. The van der Waals surface area contributed by atoms with Crippen LogP contribution in [0.1, 0.15) is 18.3 Å². The first kappa shape index (κ1) is 15.9. The van der Waals surface area contributed by atoms with Crippen molar-refractivity contribution < 1.29 is 18.3 Å². The van der Waals surface area contributed by atoms with E-state index in [4.69, 9.17) is 4.74 Å². The van der Waals surface area contributed by atoms with Gasteiger partial charge in [0.1, 0.15) is 6.61 Å². The van der Waals surface area contributed by atoms with Crippen LogP contribution in [0.25, 0.3) is 10.9 Å². The van der Waals surface area contributed by atoms with Gasteiger partial charge in [0.15, 0.2) is 11.6 Å². The predicted octanol–water partition coefficient (Wildman–Crippen LogP) is 3.06. The Hall–Kier alpha value is -2.96. The Labute approximate surface area is 136 Å². The van der Waals surface area contributed by atoms with Crippen molar-refractivity contribution in [1.82, 2.24) is 15.3 Å². The number of aromatic amines is 1. The maximum Gasteiger partial charge on any atom is 0.217 e. The molecule has 24 heavy (non-hydrogen) atoms. The third-order valence-electron chi connectivity index (χ3n) is 3.41. The van der Waals surface area contributed by atoms with Crippen LogP contribution in [0.3, 0.4) is 0 Å². The summed E-state index contributed by atoms with van der Waals surface area (Å²) in [6.07, 6.45) is 0. The van der Waals surface area contributed by atoms with Gasteiger partial charge in [0.25, 0.3) is 0 Å². The summed E-state index contributed by atoms with van der Waals surface area (Å²) in [7, 11) is 0. The lowest BCUT2D eigenvalue weighted by Gasteiger charge is -2.07. The molecule has 0 spiro atoms. The quantitative estimate of drug-likeness (QED) is 0.706. The minimum atomic E-state index is -0.612. The van der Waals surface area contributed by atoms with E-state index in [9.17, 15) is 13.6 Å². The first-order valence-electron chi connectivity index (χ1n) is 7.31. The molecule has 0 unspecified atom stereocenters. The molecule has 5 nitrogen and oxygen atoms in total. The van der Waals surface area contributed by atoms with Crippen molar-refractivity contribution >= 4 is 16.8 Å². The Kier molecular flexibility index (Phi) is 4.41. The van der Waals surface area contributed by atoms with Crippen LogP contribution in [-0.4, -0.2) is 15.9 Å². The molecule has 0 saturated carbocycles. The fourth-order valence-electron chi connectivity index (χ4n) is 2.30. The maximum absolute atomic E-state index is 14.1. The van der Waals surface area contributed by atoms with Crippen molar-refractivity contribution in [3.8, 4) is 5.75 Å². The third-order valence-corrected chi connectivity index (χ3v) is 3.41. The molecule has 0 aliphatic rings. The molecule has 7 heteroatoms. The van der Waals surface area contributed by atoms with Gasteiger partial charge in [0.05, 0.1) is 12.2 Å². The van der Waals surface area contributed by atoms with Gasteiger partial charge in [-0.2, -0.15) is 4.39 Å². The number of benzene rings is 1. The van der Waals surface area contributed by atoms with E-state index in [1.165, 1.54) is 31.2 Å². The van der Waals surface area contributed by atoms with Crippen molar-refractivity contribution in [3.05, 3.63) is 59.6 Å². The van der Waals surface area contributed by atoms with E-state index in [1.807, 2.05) is 0 Å². The number of ether oxygens (including phenoxy) is 1. The topological polar surface area (TPSA) is 67.0 Å². The summed E-state index contributed by atoms with van der Waals surface area (Å²) >= 11 is 0. The molecule has 3 rings (SSSR count). The Morgan fingerprint density at radius 3 is 2.88 bits per heavy atom. The zero-order valence-corrected chi connectivity index (χ0v) is 12.9. The number of pyridine rings is 1. The van der Waals surface area contributed by atoms with Crippen molar-refractivity contribution in [2.24, 2.45) is 0 Å². The molecular weight excluding hydrogens is 316 g/mol. The van der Waals surface area contributed by atoms with E-state index in [0.29, 0.717) is 23.1 Å². The number of nitrogens with zero attached hydrogens (tertiary/aromatic N) is 1. The second-order valence-corrected chi connectivity index (χ2v) is 5.31. The summed E-state index contributed by atoms with van der Waals surface area (Å²) in [5.74, 6) is -1.24. The van der Waals surface area contributed by atoms with Gasteiger partial charge >= 0.3 is 0 Å². The van der Waals surface area contributed by atoms with Crippen LogP contribution < -0.4 is 10.1 Å². The van der Waals surface area contributed by atoms with Crippen LogP contribution in [0, 0.1) is 11.8 Å². The van der Waals surface area contributed by atoms with Crippen molar-refractivity contribution in [2.45, 2.75) is 20.1 Å². The van der Waals surface area contributed by atoms with Crippen LogP contribution in [0.2, 0.25) is 0 Å². The molecule has 124 valence electrons. The number of aromatic nitrogens is 2. The Balaban J connectivity index is 1.78. The van der Waals surface area contributed by atoms with E-state index in [-0.39, 0.29) is 18.3 Å². The van der Waals surface area contributed by atoms with E-state index >= 15 is 0 Å². The summed E-state index contributed by atoms with van der Waals surface area (Å²) in [4.78, 5) is 17.7. The van der Waals surface area contributed by atoms with Crippen LogP contribution >= 0.6 is 0 Å². The predicted molar refractivity (Wildman–Crippen MR) is 84.3 cm³/mol. The molecule has 3 aromatic rings. The van der Waals surface area contributed by atoms with E-state index in [1.54, 1.807) is 12.1 Å². The largest absolute Gasteiger partial charge is 0.484 e. The van der Waals surface area contributed by atoms with Crippen LogP contribution in [0.4, 0.5) is 8.78 Å². The number of H-pyrrole nitrogens is 1. The highest BCUT2D eigenvalue weighted by Crippen LogP contribution is 2.26. The van der Waals surface area contributed by atoms with Crippen molar-refractivity contribution in [1.29, 1.82) is 0 Å². The molecule has 1 aromatic carbocycles. The molecule has 2 heterocycles. The number of fused-ring (bicyclic) bond motifs is 1. The lowest BCUT2D eigenvalue weighted by molar-refractivity contribution is -0.119. The van der Waals surface area contributed by atoms with Crippen LogP contribution in [0.15, 0.2) is 36.4 Å². The Bertz CT molecular complexity index is 893. The first-order chi connectivity index (χ1) is 11.5. The number of nitrogens with one attached hydrogen (secondary N) is 2. The van der Waals surface area contributed by atoms with Crippen molar-refractivity contribution in [3.63, 3.8) is 0 Å². The molecule has 0 bridgehead atoms. The number of halogens is 2. The number of hydrogen-bond donors (Lipinski definition) is 2. The highest BCUT2D eigenvalue weighted by Gasteiger charge is 2.10. The molecule has 1 amide bonds. The molecule has 0 aliphatic carbocycles. The Morgan fingerprint density at radius 2 is 2.12 bits per heavy atom. The highest BCUT2D eigenvalue weighted by atomic mass is 19.1. The molecule has 0 atom stereocenters. The molecule has 2 aromatic heterocycles. The van der Waals surface area contributed by atoms with E-state index in [0.717, 1.165) is 5.69 Å². The number of carbonyl (C=O) groups is 1. The van der Waals surface area contributed by atoms with Gasteiger partial charge in [-0.3, -0.25) is 4.79 Å². The van der Waals surface area contributed by atoms with Gasteiger partial charge in [0, 0.05) is 29.6 Å². The standard InChI is InChI=1S/C17H15F2N3O2/c1-10(23)20-8-13-5-11-6-14(18)16(7-15(11)21-13)24-9-12-3-2-4-17(19)22-12/h2-7,21H,8-9H2,1H3,(H,20,23). The van der Waals surface area contributed by atoms with Crippen molar-refractivity contribution in [2.75, 3.05) is 0 Å². The minimum Gasteiger partial charge on any atom is -0.484 e. The number of carbonyl (C=O) groups excluding carboxylic acids is 1. The molecule has 0 fully saturated rings. The van der Waals surface area contributed by atoms with E-state index < -0.39 is 11.8 Å². The number of hydrogen-bond acceptors (Lipinski definition) is 3. The SMILES string of the molecule is CC(=O)NCc1cc2cc(F)c(OCc3cccc(F)n3)cc2[nH]1. The minimum absolute atomic E-state index is 0.0420. The molecule has 0 saturated heterocycles. The fourth-order valence-corrected chi connectivity index (χ4v) is 2.30. The number of rotatable bonds is 5. The average molecular weight is 331 g/mol. The van der Waals surface area contributed by atoms with Gasteiger partial charge in [-0.15, -0.1) is 0 Å². The van der Waals surface area contributed by atoms with Gasteiger partial charge in [-0.1, -0.05) is 6.07 Å². The lowest BCUT2D eigenvalue weighted by Crippen LogP contribution is -2.18. The molecule has 2 N–H and O–H groups in total. The van der Waals surface area contributed by atoms with Gasteiger partial charge < -0.3 is 15.0 Å². The Morgan fingerprint density at radius 1 is 1.29 bits per heavy atom. The summed E-state index contributed by atoms with van der Waals surface area (Å²) in [6.45, 7) is 1.71. The summed E-state index contributed by atoms with van der Waals surface area (Å²) in [6, 6.07) is 8.97. The monoisotopic (exact) mass is 331 g/mol. The second-order valence-electron chi connectivity index (χ2n) is 5.31. The third kappa shape index (κ3) is 3.68. The van der Waals surface area contributed by atoms with Gasteiger partial charge in [-0.25, -0.2) is 9.37 Å². The number of amides is 1. The second kappa shape index (κ2) is 6.66. The van der Waals surface area contributed by atoms with E-state index in [2.05, 4.69) is 15.3 Å². The maximum atomic E-state index is 14.1. The van der Waals surface area contributed by atoms with Crippen LogP contribution in [0.5, 0.6) is 5.75 Å². The summed E-state index contributed by atoms with van der Waals surface area (Å²) in [5.41, 5.74) is 1.80. The first-order valence-corrected chi connectivity index (χ1v) is 7.31. The summed E-state index contributed by atoms with van der Waals surface area (Å²) < 4.78 is 32.6. The lowest BCUT2D eigenvalue weighted by atomic mass is 10.2. The summed E-state index contributed by atoms with van der Waals surface area (Å²) in [5, 5.41) is 3.34. The average Bonchev–Trinajstić information content (AvgIpc) is 2.92. The van der Waals surface area contributed by atoms with Gasteiger partial charge in [-0.05, 0) is 24.3 Å². The zero-order chi connectivity index (χ0) is 17.1. The highest BCUT2D eigenvalue weighted by molar-refractivity contribution is 5.82. The smallest absolute Gasteiger partial charge is 0.217 e. The van der Waals surface area contributed by atoms with Crippen LogP contribution in [-0.2, 0) is 17.9 Å². The molecule has 0 radical (unpaired) electrons. The molecule has 0 aliphatic heterocycles.